The summed E-state index contributed by atoms with van der Waals surface area (Å²) in [6, 6.07) is -1.89. The summed E-state index contributed by atoms with van der Waals surface area (Å²) in [6.07, 6.45) is 1.51. The number of nitrogens with one attached hydrogen (secondary N) is 2. The maximum absolute atomic E-state index is 11.7. The highest BCUT2D eigenvalue weighted by molar-refractivity contribution is 5.87. The molecule has 0 aliphatic carbocycles. The fourth-order valence-corrected chi connectivity index (χ4v) is 2.24. The van der Waals surface area contributed by atoms with Gasteiger partial charge >= 0.3 is 12.0 Å². The second-order valence-electron chi connectivity index (χ2n) is 6.00. The number of nitrogens with two attached hydrogens (primary N) is 1. The van der Waals surface area contributed by atoms with Crippen molar-refractivity contribution < 1.29 is 19.5 Å². The number of nitrogens with zero attached hydrogens (tertiary/aromatic N) is 1. The summed E-state index contributed by atoms with van der Waals surface area (Å²) in [5.74, 6) is -2.06. The van der Waals surface area contributed by atoms with Gasteiger partial charge in [-0.15, -0.1) is 0 Å². The van der Waals surface area contributed by atoms with E-state index in [4.69, 9.17) is 10.8 Å². The molecule has 0 radical (unpaired) electrons. The number of amides is 3. The first-order chi connectivity index (χ1) is 9.72. The van der Waals surface area contributed by atoms with Crippen LogP contribution in [0.3, 0.4) is 0 Å². The van der Waals surface area contributed by atoms with Gasteiger partial charge in [-0.25, -0.2) is 9.59 Å². The van der Waals surface area contributed by atoms with E-state index in [1.54, 1.807) is 0 Å². The van der Waals surface area contributed by atoms with Gasteiger partial charge in [-0.2, -0.15) is 0 Å². The molecule has 1 saturated heterocycles. The minimum absolute atomic E-state index is 0.00621. The van der Waals surface area contributed by atoms with Crippen LogP contribution >= 0.6 is 0 Å². The molecule has 8 heteroatoms. The monoisotopic (exact) mass is 300 g/mol. The van der Waals surface area contributed by atoms with Gasteiger partial charge in [0.25, 0.3) is 0 Å². The van der Waals surface area contributed by atoms with Crippen LogP contribution in [0.1, 0.15) is 26.2 Å². The average molecular weight is 300 g/mol. The molecule has 0 bridgehead atoms. The number of hydrogen-bond donors (Lipinski definition) is 4. The molecule has 8 nitrogen and oxygen atoms in total. The van der Waals surface area contributed by atoms with Crippen LogP contribution in [0.4, 0.5) is 4.79 Å². The molecule has 1 atom stereocenters. The number of piperidine rings is 1. The predicted molar refractivity (Wildman–Crippen MR) is 76.6 cm³/mol. The highest BCUT2D eigenvalue weighted by atomic mass is 16.4. The van der Waals surface area contributed by atoms with Crippen molar-refractivity contribution in [2.45, 2.75) is 32.2 Å². The maximum Gasteiger partial charge on any atom is 0.326 e. The summed E-state index contributed by atoms with van der Waals surface area (Å²) < 4.78 is 0. The van der Waals surface area contributed by atoms with E-state index in [1.165, 1.54) is 0 Å². The van der Waals surface area contributed by atoms with E-state index < -0.39 is 30.4 Å². The summed E-state index contributed by atoms with van der Waals surface area (Å²) in [5.41, 5.74) is 4.96. The molecule has 1 fully saturated rings. The Hall–Kier alpha value is -1.83. The Morgan fingerprint density at radius 3 is 2.38 bits per heavy atom. The molecule has 120 valence electrons. The molecular formula is C13H24N4O4. The van der Waals surface area contributed by atoms with Crippen molar-refractivity contribution in [2.75, 3.05) is 26.7 Å². The van der Waals surface area contributed by atoms with Crippen molar-refractivity contribution in [1.82, 2.24) is 15.5 Å². The lowest BCUT2D eigenvalue weighted by atomic mass is 9.80. The maximum atomic E-state index is 11.7. The third-order valence-electron chi connectivity index (χ3n) is 3.88. The molecule has 1 unspecified atom stereocenters. The number of urea groups is 1. The number of rotatable bonds is 6. The number of carboxylic acid groups (broad SMARTS) is 1. The van der Waals surface area contributed by atoms with Crippen LogP contribution in [-0.4, -0.2) is 60.6 Å². The Labute approximate surface area is 124 Å². The van der Waals surface area contributed by atoms with Crippen molar-refractivity contribution in [3.8, 4) is 0 Å². The van der Waals surface area contributed by atoms with Crippen molar-refractivity contribution >= 4 is 17.9 Å². The summed E-state index contributed by atoms with van der Waals surface area (Å²) in [6.45, 7) is 4.51. The fraction of sp³-hybridized carbons (Fsp3) is 0.769. The van der Waals surface area contributed by atoms with Gasteiger partial charge in [0.05, 0.1) is 6.42 Å². The second kappa shape index (κ2) is 7.26. The van der Waals surface area contributed by atoms with Gasteiger partial charge < -0.3 is 26.4 Å². The Morgan fingerprint density at radius 1 is 1.33 bits per heavy atom. The van der Waals surface area contributed by atoms with Crippen molar-refractivity contribution in [3.05, 3.63) is 0 Å². The molecule has 1 heterocycles. The molecule has 0 aromatic carbocycles. The number of carbonyl (C=O) groups is 3. The average Bonchev–Trinajstić information content (AvgIpc) is 2.39. The molecular weight excluding hydrogens is 276 g/mol. The third-order valence-corrected chi connectivity index (χ3v) is 3.88. The molecule has 3 amide bonds. The van der Waals surface area contributed by atoms with Gasteiger partial charge in [0.1, 0.15) is 6.04 Å². The van der Waals surface area contributed by atoms with Crippen LogP contribution in [0.5, 0.6) is 0 Å². The van der Waals surface area contributed by atoms with Gasteiger partial charge in [-0.3, -0.25) is 4.79 Å². The molecule has 1 rings (SSSR count). The lowest BCUT2D eigenvalue weighted by Crippen LogP contribution is -2.50. The number of primary amides is 1. The second-order valence-corrected chi connectivity index (χ2v) is 6.00. The van der Waals surface area contributed by atoms with E-state index in [-0.39, 0.29) is 5.41 Å². The largest absolute Gasteiger partial charge is 0.480 e. The molecule has 0 aromatic heterocycles. The number of carboxylic acids is 1. The normalized spacial score (nSPS) is 19.5. The first kappa shape index (κ1) is 17.2. The van der Waals surface area contributed by atoms with Gasteiger partial charge in [0, 0.05) is 6.54 Å². The van der Waals surface area contributed by atoms with Crippen LogP contribution in [0, 0.1) is 5.41 Å². The first-order valence-electron chi connectivity index (χ1n) is 6.96. The topological polar surface area (TPSA) is 125 Å². The van der Waals surface area contributed by atoms with Crippen LogP contribution in [0.15, 0.2) is 0 Å². The van der Waals surface area contributed by atoms with Crippen molar-refractivity contribution in [3.63, 3.8) is 0 Å². The van der Waals surface area contributed by atoms with Crippen LogP contribution in [-0.2, 0) is 9.59 Å². The minimum atomic E-state index is -1.30. The Morgan fingerprint density at radius 2 is 1.90 bits per heavy atom. The lowest BCUT2D eigenvalue weighted by molar-refractivity contribution is -0.140. The van der Waals surface area contributed by atoms with Gasteiger partial charge in [0.2, 0.25) is 5.91 Å². The van der Waals surface area contributed by atoms with E-state index in [0.29, 0.717) is 6.54 Å². The Bertz CT molecular complexity index is 405. The standard InChI is InChI=1S/C13H24N4O4/c1-13(3-5-17(2)6-4-13)8-15-12(21)16-9(11(19)20)7-10(14)18/h9H,3-8H2,1-2H3,(H2,14,18)(H,19,20)(H2,15,16,21). The zero-order valence-corrected chi connectivity index (χ0v) is 12.5. The summed E-state index contributed by atoms with van der Waals surface area (Å²) >= 11 is 0. The molecule has 21 heavy (non-hydrogen) atoms. The van der Waals surface area contributed by atoms with Gasteiger partial charge in [-0.05, 0) is 38.4 Å². The zero-order chi connectivity index (χ0) is 16.0. The highest BCUT2D eigenvalue weighted by Crippen LogP contribution is 2.29. The summed E-state index contributed by atoms with van der Waals surface area (Å²) in [5, 5.41) is 13.8. The van der Waals surface area contributed by atoms with E-state index in [2.05, 4.69) is 29.5 Å². The summed E-state index contributed by atoms with van der Waals surface area (Å²) in [7, 11) is 2.06. The van der Waals surface area contributed by atoms with Crippen LogP contribution in [0.2, 0.25) is 0 Å². The summed E-state index contributed by atoms with van der Waals surface area (Å²) in [4.78, 5) is 35.7. The van der Waals surface area contributed by atoms with Crippen LogP contribution in [0.25, 0.3) is 0 Å². The lowest BCUT2D eigenvalue weighted by Gasteiger charge is -2.38. The van der Waals surface area contributed by atoms with E-state index in [9.17, 15) is 14.4 Å². The molecule has 5 N–H and O–H groups in total. The molecule has 1 aliphatic rings. The Balaban J connectivity index is 2.42. The molecule has 0 spiro atoms. The molecule has 0 saturated carbocycles. The van der Waals surface area contributed by atoms with E-state index in [0.717, 1.165) is 25.9 Å². The highest BCUT2D eigenvalue weighted by Gasteiger charge is 2.30. The third kappa shape index (κ3) is 5.99. The van der Waals surface area contributed by atoms with Crippen molar-refractivity contribution in [1.29, 1.82) is 0 Å². The number of hydrogen-bond acceptors (Lipinski definition) is 4. The smallest absolute Gasteiger partial charge is 0.326 e. The van der Waals surface area contributed by atoms with Crippen molar-refractivity contribution in [2.24, 2.45) is 11.1 Å². The first-order valence-corrected chi connectivity index (χ1v) is 6.96. The van der Waals surface area contributed by atoms with E-state index in [1.807, 2.05) is 0 Å². The van der Waals surface area contributed by atoms with E-state index >= 15 is 0 Å². The minimum Gasteiger partial charge on any atom is -0.480 e. The van der Waals surface area contributed by atoms with Gasteiger partial charge in [-0.1, -0.05) is 6.92 Å². The SMILES string of the molecule is CN1CCC(C)(CNC(=O)NC(CC(N)=O)C(=O)O)CC1. The zero-order valence-electron chi connectivity index (χ0n) is 12.5. The molecule has 0 aromatic rings. The molecule has 1 aliphatic heterocycles. The predicted octanol–water partition coefficient (Wildman–Crippen LogP) is -0.654. The Kier molecular flexibility index (Phi) is 5.95. The number of aliphatic carboxylic acids is 1. The van der Waals surface area contributed by atoms with Crippen LogP contribution < -0.4 is 16.4 Å². The number of carbonyl (C=O) groups excluding carboxylic acids is 2. The fourth-order valence-electron chi connectivity index (χ4n) is 2.24. The number of likely N-dealkylation sites (tertiary alicyclic amines) is 1. The quantitative estimate of drug-likeness (QED) is 0.518. The van der Waals surface area contributed by atoms with Gasteiger partial charge in [0.15, 0.2) is 0 Å².